The molecule has 3 N–H and O–H groups in total. The Balaban J connectivity index is 1.64. The van der Waals surface area contributed by atoms with Crippen LogP contribution in [0.15, 0.2) is 48.5 Å². The summed E-state index contributed by atoms with van der Waals surface area (Å²) in [5, 5.41) is 24.0. The van der Waals surface area contributed by atoms with Crippen LogP contribution in [0.1, 0.15) is 6.92 Å². The average molecular weight is 442 g/mol. The number of hydrogen-bond acceptors (Lipinski definition) is 8. The molecule has 31 heavy (non-hydrogen) atoms. The summed E-state index contributed by atoms with van der Waals surface area (Å²) in [7, 11) is 3.53. The second-order valence-corrected chi connectivity index (χ2v) is 7.69. The van der Waals surface area contributed by atoms with Gasteiger partial charge in [0.2, 0.25) is 5.13 Å². The van der Waals surface area contributed by atoms with Gasteiger partial charge in [0, 0.05) is 30.5 Å². The van der Waals surface area contributed by atoms with Gasteiger partial charge in [-0.2, -0.15) is 0 Å². The summed E-state index contributed by atoms with van der Waals surface area (Å²) in [4.78, 5) is 25.5. The predicted molar refractivity (Wildman–Crippen MR) is 120 cm³/mol. The minimum absolute atomic E-state index is 0.00947. The van der Waals surface area contributed by atoms with Crippen LogP contribution < -0.4 is 20.3 Å². The molecule has 9 nitrogen and oxygen atoms in total. The Morgan fingerprint density at radius 2 is 1.77 bits per heavy atom. The third-order valence-corrected chi connectivity index (χ3v) is 5.36. The lowest BCUT2D eigenvalue weighted by molar-refractivity contribution is -0.136. The second kappa shape index (κ2) is 10.0. The van der Waals surface area contributed by atoms with Gasteiger partial charge < -0.3 is 25.4 Å². The van der Waals surface area contributed by atoms with Crippen molar-refractivity contribution in [2.24, 2.45) is 0 Å². The quantitative estimate of drug-likeness (QED) is 0.482. The summed E-state index contributed by atoms with van der Waals surface area (Å²) >= 11 is 1.43. The molecule has 3 aromatic rings. The molecule has 0 aliphatic heterocycles. The molecule has 0 radical (unpaired) electrons. The van der Waals surface area contributed by atoms with Crippen molar-refractivity contribution >= 4 is 39.7 Å². The molecule has 0 aliphatic carbocycles. The smallest absolute Gasteiger partial charge is 0.313 e. The van der Waals surface area contributed by atoms with Crippen molar-refractivity contribution in [1.82, 2.24) is 15.5 Å². The van der Waals surface area contributed by atoms with Gasteiger partial charge in [0.05, 0.1) is 13.2 Å². The van der Waals surface area contributed by atoms with Crippen LogP contribution in [0.5, 0.6) is 5.75 Å². The third kappa shape index (κ3) is 5.77. The summed E-state index contributed by atoms with van der Waals surface area (Å²) in [6, 6.07) is 14.6. The van der Waals surface area contributed by atoms with Crippen molar-refractivity contribution in [1.29, 1.82) is 0 Å². The van der Waals surface area contributed by atoms with Crippen molar-refractivity contribution in [3.8, 4) is 16.3 Å². The molecule has 0 bridgehead atoms. The van der Waals surface area contributed by atoms with Crippen LogP contribution in [0.2, 0.25) is 0 Å². The van der Waals surface area contributed by atoms with Gasteiger partial charge in [-0.15, -0.1) is 10.2 Å². The molecule has 0 fully saturated rings. The van der Waals surface area contributed by atoms with Crippen molar-refractivity contribution in [2.75, 3.05) is 30.9 Å². The van der Waals surface area contributed by atoms with Crippen LogP contribution in [-0.2, 0) is 9.59 Å². The van der Waals surface area contributed by atoms with Gasteiger partial charge in [0.15, 0.2) is 0 Å². The van der Waals surface area contributed by atoms with E-state index >= 15 is 0 Å². The zero-order valence-electron chi connectivity index (χ0n) is 17.3. The molecular formula is C21H23N5O4S. The highest BCUT2D eigenvalue weighted by Gasteiger charge is 2.15. The van der Waals surface area contributed by atoms with Gasteiger partial charge in [-0.25, -0.2) is 0 Å². The van der Waals surface area contributed by atoms with Crippen LogP contribution >= 0.6 is 11.3 Å². The van der Waals surface area contributed by atoms with Crippen molar-refractivity contribution in [2.45, 2.75) is 13.0 Å². The molecule has 0 saturated carbocycles. The van der Waals surface area contributed by atoms with E-state index in [4.69, 9.17) is 9.84 Å². The number of ether oxygens (including phenoxy) is 1. The van der Waals surface area contributed by atoms with Gasteiger partial charge in [0.1, 0.15) is 10.8 Å². The lowest BCUT2D eigenvalue weighted by atomic mass is 10.2. The molecule has 0 aliphatic rings. The highest BCUT2D eigenvalue weighted by molar-refractivity contribution is 7.18. The summed E-state index contributed by atoms with van der Waals surface area (Å²) in [5.74, 6) is -0.823. The molecule has 2 aromatic carbocycles. The third-order valence-electron chi connectivity index (χ3n) is 4.31. The Kier molecular flexibility index (Phi) is 7.16. The fraction of sp³-hybridized carbons (Fsp3) is 0.238. The van der Waals surface area contributed by atoms with Crippen molar-refractivity contribution in [3.63, 3.8) is 0 Å². The number of rotatable bonds is 7. The summed E-state index contributed by atoms with van der Waals surface area (Å²) in [6.07, 6.45) is -0.725. The van der Waals surface area contributed by atoms with E-state index in [-0.39, 0.29) is 6.54 Å². The summed E-state index contributed by atoms with van der Waals surface area (Å²) < 4.78 is 5.18. The predicted octanol–water partition coefficient (Wildman–Crippen LogP) is 2.42. The molecule has 2 amide bonds. The maximum atomic E-state index is 11.9. The first-order chi connectivity index (χ1) is 14.9. The molecule has 3 rings (SSSR count). The largest absolute Gasteiger partial charge is 0.497 e. The number of aliphatic hydroxyl groups is 1. The molecule has 1 heterocycles. The maximum Gasteiger partial charge on any atom is 0.313 e. The van der Waals surface area contributed by atoms with E-state index in [0.29, 0.717) is 5.69 Å². The Morgan fingerprint density at radius 3 is 2.39 bits per heavy atom. The van der Waals surface area contributed by atoms with E-state index < -0.39 is 17.9 Å². The van der Waals surface area contributed by atoms with Crippen molar-refractivity contribution < 1.29 is 19.4 Å². The van der Waals surface area contributed by atoms with Crippen LogP contribution in [0.3, 0.4) is 0 Å². The first kappa shape index (κ1) is 22.2. The van der Waals surface area contributed by atoms with E-state index in [1.807, 2.05) is 36.2 Å². The fourth-order valence-electron chi connectivity index (χ4n) is 2.59. The molecule has 0 unspecified atom stereocenters. The average Bonchev–Trinajstić information content (AvgIpc) is 3.27. The molecule has 10 heteroatoms. The number of aliphatic hydroxyl groups excluding tert-OH is 1. The summed E-state index contributed by atoms with van der Waals surface area (Å²) in [6.45, 7) is 1.53. The van der Waals surface area contributed by atoms with Gasteiger partial charge >= 0.3 is 11.8 Å². The molecule has 1 atom stereocenters. The number of amides is 2. The fourth-order valence-corrected chi connectivity index (χ4v) is 3.42. The molecule has 162 valence electrons. The van der Waals surface area contributed by atoms with Crippen LogP contribution in [-0.4, -0.2) is 53.9 Å². The standard InChI is InChI=1S/C21H23N5O4S/c1-13(27)12-22-18(28)19(29)23-15-6-4-14(5-7-15)20-24-25-21(31-20)26(2)16-8-10-17(30-3)11-9-16/h4-11,13,27H,12H2,1-3H3,(H,22,28)(H,23,29)/t13-/m1/s1. The highest BCUT2D eigenvalue weighted by Crippen LogP contribution is 2.32. The van der Waals surface area contributed by atoms with E-state index in [2.05, 4.69) is 20.8 Å². The molecular weight excluding hydrogens is 418 g/mol. The first-order valence-corrected chi connectivity index (χ1v) is 10.3. The zero-order chi connectivity index (χ0) is 22.4. The number of nitrogens with one attached hydrogen (secondary N) is 2. The Labute approximate surface area is 183 Å². The highest BCUT2D eigenvalue weighted by atomic mass is 32.1. The van der Waals surface area contributed by atoms with Gasteiger partial charge in [-0.1, -0.05) is 11.3 Å². The van der Waals surface area contributed by atoms with Gasteiger partial charge in [-0.05, 0) is 55.5 Å². The van der Waals surface area contributed by atoms with E-state index in [1.165, 1.54) is 18.3 Å². The first-order valence-electron chi connectivity index (χ1n) is 9.46. The van der Waals surface area contributed by atoms with E-state index in [1.54, 1.807) is 31.4 Å². The maximum absolute atomic E-state index is 11.9. The molecule has 0 saturated heterocycles. The van der Waals surface area contributed by atoms with Crippen LogP contribution in [0.4, 0.5) is 16.5 Å². The number of aromatic nitrogens is 2. The Bertz CT molecular complexity index is 1030. The number of benzene rings is 2. The minimum atomic E-state index is -0.805. The van der Waals surface area contributed by atoms with E-state index in [0.717, 1.165) is 27.1 Å². The molecule has 0 spiro atoms. The minimum Gasteiger partial charge on any atom is -0.497 e. The zero-order valence-corrected chi connectivity index (χ0v) is 18.1. The number of methoxy groups -OCH3 is 1. The Hall–Kier alpha value is -3.50. The second-order valence-electron chi connectivity index (χ2n) is 6.74. The number of carbonyl (C=O) groups excluding carboxylic acids is 2. The topological polar surface area (TPSA) is 117 Å². The van der Waals surface area contributed by atoms with Gasteiger partial charge in [-0.3, -0.25) is 9.59 Å². The number of anilines is 3. The van der Waals surface area contributed by atoms with Gasteiger partial charge in [0.25, 0.3) is 0 Å². The number of hydrogen-bond donors (Lipinski definition) is 3. The lowest BCUT2D eigenvalue weighted by Gasteiger charge is -2.15. The lowest BCUT2D eigenvalue weighted by Crippen LogP contribution is -2.38. The monoisotopic (exact) mass is 441 g/mol. The van der Waals surface area contributed by atoms with Crippen LogP contribution in [0, 0.1) is 0 Å². The SMILES string of the molecule is COc1ccc(N(C)c2nnc(-c3ccc(NC(=O)C(=O)NC[C@@H](C)O)cc3)s2)cc1. The summed E-state index contributed by atoms with van der Waals surface area (Å²) in [5.41, 5.74) is 2.26. The van der Waals surface area contributed by atoms with E-state index in [9.17, 15) is 9.59 Å². The van der Waals surface area contributed by atoms with Crippen molar-refractivity contribution in [3.05, 3.63) is 48.5 Å². The Morgan fingerprint density at radius 1 is 1.10 bits per heavy atom. The number of nitrogens with zero attached hydrogens (tertiary/aromatic N) is 3. The van der Waals surface area contributed by atoms with Crippen LogP contribution in [0.25, 0.3) is 10.6 Å². The normalized spacial score (nSPS) is 11.5. The number of carbonyl (C=O) groups is 2. The molecule has 1 aromatic heterocycles.